The minimum absolute atomic E-state index is 0.0965. The van der Waals surface area contributed by atoms with E-state index in [0.29, 0.717) is 56.0 Å². The van der Waals surface area contributed by atoms with Gasteiger partial charge in [-0.1, -0.05) is 52.7 Å². The van der Waals surface area contributed by atoms with Crippen LogP contribution in [0.25, 0.3) is 22.8 Å². The third-order valence-corrected chi connectivity index (χ3v) is 6.18. The van der Waals surface area contributed by atoms with Crippen LogP contribution in [0.15, 0.2) is 57.5 Å². The fourth-order valence-corrected chi connectivity index (χ4v) is 4.03. The zero-order valence-electron chi connectivity index (χ0n) is 20.0. The summed E-state index contributed by atoms with van der Waals surface area (Å²) in [6, 6.07) is 16.0. The third-order valence-electron chi connectivity index (χ3n) is 6.18. The van der Waals surface area contributed by atoms with Gasteiger partial charge in [0.15, 0.2) is 0 Å². The first-order chi connectivity index (χ1) is 17.0. The Kier molecular flexibility index (Phi) is 6.67. The van der Waals surface area contributed by atoms with E-state index in [9.17, 15) is 4.79 Å². The highest BCUT2D eigenvalue weighted by atomic mass is 16.5. The summed E-state index contributed by atoms with van der Waals surface area (Å²) in [4.78, 5) is 21.4. The Balaban J connectivity index is 1.08. The van der Waals surface area contributed by atoms with Gasteiger partial charge in [0.05, 0.1) is 6.54 Å². The molecule has 1 aliphatic rings. The average Bonchev–Trinajstić information content (AvgIpc) is 3.54. The Hall–Kier alpha value is -3.85. The van der Waals surface area contributed by atoms with E-state index in [1.807, 2.05) is 67.3 Å². The summed E-state index contributed by atoms with van der Waals surface area (Å²) in [6.45, 7) is 7.49. The van der Waals surface area contributed by atoms with Crippen molar-refractivity contribution in [1.82, 2.24) is 30.1 Å². The highest BCUT2D eigenvalue weighted by molar-refractivity contribution is 5.76. The first kappa shape index (κ1) is 22.9. The van der Waals surface area contributed by atoms with Gasteiger partial charge in [0, 0.05) is 50.1 Å². The molecule has 35 heavy (non-hydrogen) atoms. The van der Waals surface area contributed by atoms with Crippen molar-refractivity contribution in [2.45, 2.75) is 33.2 Å². The summed E-state index contributed by atoms with van der Waals surface area (Å²) in [6.07, 6.45) is 0.779. The number of carbonyl (C=O) groups is 1. The Morgan fingerprint density at radius 1 is 0.857 bits per heavy atom. The molecule has 1 saturated heterocycles. The van der Waals surface area contributed by atoms with Crippen LogP contribution in [0.5, 0.6) is 0 Å². The number of aromatic nitrogens is 4. The van der Waals surface area contributed by atoms with Gasteiger partial charge in [-0.3, -0.25) is 9.69 Å². The van der Waals surface area contributed by atoms with Crippen molar-refractivity contribution in [1.29, 1.82) is 0 Å². The SMILES string of the molecule is Cc1ccc(-c2noc(CN3CCN(C(=O)CCc4nnc(-c5ccc(C)cc5)o4)CC3)n2)cc1. The molecule has 9 nitrogen and oxygen atoms in total. The number of piperazine rings is 1. The molecule has 0 saturated carbocycles. The largest absolute Gasteiger partial charge is 0.421 e. The third kappa shape index (κ3) is 5.63. The van der Waals surface area contributed by atoms with Crippen molar-refractivity contribution >= 4 is 5.91 Å². The van der Waals surface area contributed by atoms with Gasteiger partial charge in [0.1, 0.15) is 0 Å². The lowest BCUT2D eigenvalue weighted by Crippen LogP contribution is -2.48. The monoisotopic (exact) mass is 472 g/mol. The van der Waals surface area contributed by atoms with Crippen LogP contribution in [0, 0.1) is 13.8 Å². The maximum atomic E-state index is 12.7. The van der Waals surface area contributed by atoms with Gasteiger partial charge in [-0.15, -0.1) is 10.2 Å². The van der Waals surface area contributed by atoms with Crippen LogP contribution in [0.1, 0.15) is 29.3 Å². The van der Waals surface area contributed by atoms with Crippen molar-refractivity contribution in [2.75, 3.05) is 26.2 Å². The maximum absolute atomic E-state index is 12.7. The molecule has 1 fully saturated rings. The minimum atomic E-state index is 0.0965. The molecule has 0 N–H and O–H groups in total. The number of hydrogen-bond acceptors (Lipinski definition) is 8. The van der Waals surface area contributed by atoms with Gasteiger partial charge in [-0.2, -0.15) is 4.98 Å². The molecule has 4 aromatic rings. The Labute approximate surface area is 203 Å². The molecule has 1 aliphatic heterocycles. The van der Waals surface area contributed by atoms with Gasteiger partial charge in [-0.05, 0) is 26.0 Å². The number of benzene rings is 2. The fraction of sp³-hybridized carbons (Fsp3) is 0.346. The molecule has 5 rings (SSSR count). The van der Waals surface area contributed by atoms with Gasteiger partial charge in [-0.25, -0.2) is 0 Å². The summed E-state index contributed by atoms with van der Waals surface area (Å²) < 4.78 is 11.2. The standard InChI is InChI=1S/C26H28N6O3/c1-18-3-7-20(8-4-18)25-27-23(35-30-25)17-31-13-15-32(16-14-31)24(33)12-11-22-28-29-26(34-22)21-9-5-19(2)6-10-21/h3-10H,11-17H2,1-2H3. The topological polar surface area (TPSA) is 101 Å². The van der Waals surface area contributed by atoms with Gasteiger partial charge >= 0.3 is 0 Å². The second kappa shape index (κ2) is 10.2. The highest BCUT2D eigenvalue weighted by Gasteiger charge is 2.23. The van der Waals surface area contributed by atoms with Crippen LogP contribution < -0.4 is 0 Å². The number of carbonyl (C=O) groups excluding carboxylic acids is 1. The van der Waals surface area contributed by atoms with Crippen LogP contribution in [-0.4, -0.2) is 62.2 Å². The predicted molar refractivity (Wildman–Crippen MR) is 129 cm³/mol. The minimum Gasteiger partial charge on any atom is -0.421 e. The van der Waals surface area contributed by atoms with Crippen molar-refractivity contribution in [3.63, 3.8) is 0 Å². The molecule has 1 amide bonds. The molecule has 0 radical (unpaired) electrons. The van der Waals surface area contributed by atoms with Crippen LogP contribution in [0.3, 0.4) is 0 Å². The smallest absolute Gasteiger partial charge is 0.247 e. The number of amides is 1. The summed E-state index contributed by atoms with van der Waals surface area (Å²) in [5, 5.41) is 12.3. The Morgan fingerprint density at radius 2 is 1.51 bits per heavy atom. The molecule has 9 heteroatoms. The number of rotatable bonds is 7. The molecule has 0 spiro atoms. The lowest BCUT2D eigenvalue weighted by atomic mass is 10.1. The van der Waals surface area contributed by atoms with E-state index in [-0.39, 0.29) is 5.91 Å². The second-order valence-corrected chi connectivity index (χ2v) is 8.90. The van der Waals surface area contributed by atoms with Gasteiger partial charge in [0.25, 0.3) is 0 Å². The van der Waals surface area contributed by atoms with Gasteiger partial charge < -0.3 is 13.8 Å². The highest BCUT2D eigenvalue weighted by Crippen LogP contribution is 2.20. The zero-order valence-corrected chi connectivity index (χ0v) is 20.0. The van der Waals surface area contributed by atoms with E-state index in [4.69, 9.17) is 8.94 Å². The first-order valence-corrected chi connectivity index (χ1v) is 11.8. The molecule has 3 heterocycles. The summed E-state index contributed by atoms with van der Waals surface area (Å²) in [7, 11) is 0. The zero-order chi connectivity index (χ0) is 24.2. The molecule has 0 unspecified atom stereocenters. The van der Waals surface area contributed by atoms with Crippen molar-refractivity contribution < 1.29 is 13.7 Å². The van der Waals surface area contributed by atoms with Gasteiger partial charge in [0.2, 0.25) is 29.4 Å². The first-order valence-electron chi connectivity index (χ1n) is 11.8. The lowest BCUT2D eigenvalue weighted by molar-refractivity contribution is -0.133. The van der Waals surface area contributed by atoms with E-state index in [1.165, 1.54) is 11.1 Å². The van der Waals surface area contributed by atoms with E-state index >= 15 is 0 Å². The van der Waals surface area contributed by atoms with Crippen molar-refractivity contribution in [3.8, 4) is 22.8 Å². The van der Waals surface area contributed by atoms with Crippen LogP contribution >= 0.6 is 0 Å². The quantitative estimate of drug-likeness (QED) is 0.401. The van der Waals surface area contributed by atoms with E-state index in [0.717, 1.165) is 24.2 Å². The van der Waals surface area contributed by atoms with Crippen molar-refractivity contribution in [2.24, 2.45) is 0 Å². The second-order valence-electron chi connectivity index (χ2n) is 8.90. The fourth-order valence-electron chi connectivity index (χ4n) is 4.03. The van der Waals surface area contributed by atoms with E-state index < -0.39 is 0 Å². The maximum Gasteiger partial charge on any atom is 0.247 e. The number of aryl methyl sites for hydroxylation is 3. The number of nitrogens with zero attached hydrogens (tertiary/aromatic N) is 6. The lowest BCUT2D eigenvalue weighted by Gasteiger charge is -2.33. The Morgan fingerprint density at radius 3 is 2.20 bits per heavy atom. The normalized spacial score (nSPS) is 14.4. The Bertz CT molecular complexity index is 1270. The predicted octanol–water partition coefficient (Wildman–Crippen LogP) is 3.68. The molecule has 0 atom stereocenters. The van der Waals surface area contributed by atoms with E-state index in [1.54, 1.807) is 0 Å². The van der Waals surface area contributed by atoms with Crippen molar-refractivity contribution in [3.05, 3.63) is 71.4 Å². The van der Waals surface area contributed by atoms with Crippen LogP contribution in [0.4, 0.5) is 0 Å². The van der Waals surface area contributed by atoms with Crippen LogP contribution in [-0.2, 0) is 17.8 Å². The summed E-state index contributed by atoms with van der Waals surface area (Å²) in [5.41, 5.74) is 4.18. The molecule has 0 aliphatic carbocycles. The molecule has 2 aromatic carbocycles. The molecule has 180 valence electrons. The van der Waals surface area contributed by atoms with E-state index in [2.05, 4.69) is 25.2 Å². The summed E-state index contributed by atoms with van der Waals surface area (Å²) in [5.74, 6) is 2.24. The average molecular weight is 473 g/mol. The molecule has 2 aromatic heterocycles. The summed E-state index contributed by atoms with van der Waals surface area (Å²) >= 11 is 0. The number of hydrogen-bond donors (Lipinski definition) is 0. The van der Waals surface area contributed by atoms with Crippen LogP contribution in [0.2, 0.25) is 0 Å². The molecular weight excluding hydrogens is 444 g/mol. The molecular formula is C26H28N6O3. The molecule has 0 bridgehead atoms.